The highest BCUT2D eigenvalue weighted by molar-refractivity contribution is 7.98. The monoisotopic (exact) mass is 188 g/mol. The van der Waals surface area contributed by atoms with E-state index in [0.717, 1.165) is 0 Å². The Morgan fingerprint density at radius 1 is 0.923 bits per heavy atom. The van der Waals surface area contributed by atoms with Gasteiger partial charge >= 0.3 is 0 Å². The first-order chi connectivity index (χ1) is 6.29. The van der Waals surface area contributed by atoms with Crippen LogP contribution in [0.3, 0.4) is 0 Å². The lowest BCUT2D eigenvalue weighted by molar-refractivity contribution is 1.47. The lowest BCUT2D eigenvalue weighted by atomic mass is 10.1. The minimum Gasteiger partial charge on any atom is -0.130 e. The fourth-order valence-corrected chi connectivity index (χ4v) is 1.92. The van der Waals surface area contributed by atoms with Crippen molar-refractivity contribution in [2.75, 3.05) is 6.26 Å². The maximum atomic E-state index is 2.24. The van der Waals surface area contributed by atoms with Gasteiger partial charge in [0.15, 0.2) is 0 Å². The molecule has 13 heavy (non-hydrogen) atoms. The Hall–Kier alpha value is -0.950. The van der Waals surface area contributed by atoms with E-state index >= 15 is 0 Å². The average molecular weight is 188 g/mol. The quantitative estimate of drug-likeness (QED) is 0.612. The summed E-state index contributed by atoms with van der Waals surface area (Å²) >= 11 is 1.79. The van der Waals surface area contributed by atoms with Crippen molar-refractivity contribution in [3.05, 3.63) is 42.0 Å². The lowest BCUT2D eigenvalue weighted by Gasteiger charge is -2.01. The van der Waals surface area contributed by atoms with Crippen LogP contribution in [0, 0.1) is 6.92 Å². The van der Waals surface area contributed by atoms with Crippen molar-refractivity contribution >= 4 is 22.5 Å². The molecule has 0 aromatic heterocycles. The molecule has 66 valence electrons. The summed E-state index contributed by atoms with van der Waals surface area (Å²) in [5.74, 6) is 0. The van der Waals surface area contributed by atoms with E-state index in [2.05, 4.69) is 49.6 Å². The molecule has 0 radical (unpaired) electrons. The van der Waals surface area contributed by atoms with Crippen LogP contribution in [-0.2, 0) is 0 Å². The second-order valence-corrected chi connectivity index (χ2v) is 4.10. The van der Waals surface area contributed by atoms with Gasteiger partial charge in [0, 0.05) is 4.90 Å². The molecule has 0 bridgehead atoms. The molecule has 1 heteroatoms. The van der Waals surface area contributed by atoms with E-state index in [4.69, 9.17) is 0 Å². The molecule has 2 aromatic carbocycles. The molecule has 0 N–H and O–H groups in total. The first kappa shape index (κ1) is 8.64. The molecule has 0 atom stereocenters. The van der Waals surface area contributed by atoms with Crippen molar-refractivity contribution in [3.63, 3.8) is 0 Å². The van der Waals surface area contributed by atoms with Crippen LogP contribution >= 0.6 is 11.8 Å². The van der Waals surface area contributed by atoms with E-state index in [1.807, 2.05) is 0 Å². The number of benzene rings is 2. The largest absolute Gasteiger partial charge is 0.130 e. The molecule has 0 nitrogen and oxygen atoms in total. The minimum absolute atomic E-state index is 1.32. The number of hydrogen-bond acceptors (Lipinski definition) is 1. The Morgan fingerprint density at radius 3 is 2.46 bits per heavy atom. The maximum Gasteiger partial charge on any atom is 0.00755 e. The van der Waals surface area contributed by atoms with E-state index in [0.29, 0.717) is 0 Å². The van der Waals surface area contributed by atoms with Crippen molar-refractivity contribution in [2.24, 2.45) is 0 Å². The van der Waals surface area contributed by atoms with Crippen molar-refractivity contribution < 1.29 is 0 Å². The third-order valence-corrected chi connectivity index (χ3v) is 2.93. The molecular weight excluding hydrogens is 176 g/mol. The third kappa shape index (κ3) is 1.70. The number of aryl methyl sites for hydroxylation is 1. The zero-order valence-corrected chi connectivity index (χ0v) is 8.69. The van der Waals surface area contributed by atoms with Gasteiger partial charge in [0.1, 0.15) is 0 Å². The predicted molar refractivity (Wildman–Crippen MR) is 60.5 cm³/mol. The number of rotatable bonds is 1. The average Bonchev–Trinajstić information content (AvgIpc) is 2.16. The smallest absolute Gasteiger partial charge is 0.00755 e. The van der Waals surface area contributed by atoms with Gasteiger partial charge in [-0.25, -0.2) is 0 Å². The van der Waals surface area contributed by atoms with Gasteiger partial charge in [0.05, 0.1) is 0 Å². The van der Waals surface area contributed by atoms with Gasteiger partial charge in [0.2, 0.25) is 0 Å². The van der Waals surface area contributed by atoms with Gasteiger partial charge in [-0.15, -0.1) is 11.8 Å². The predicted octanol–water partition coefficient (Wildman–Crippen LogP) is 3.87. The van der Waals surface area contributed by atoms with Gasteiger partial charge in [-0.3, -0.25) is 0 Å². The summed E-state index contributed by atoms with van der Waals surface area (Å²) in [6.45, 7) is 2.13. The van der Waals surface area contributed by atoms with Gasteiger partial charge in [-0.2, -0.15) is 0 Å². The standard InChI is InChI=1S/C12H12S/c1-9-3-4-10-5-6-12(13-2)8-11(10)7-9/h3-8H,1-2H3. The molecule has 0 heterocycles. The van der Waals surface area contributed by atoms with Crippen LogP contribution in [0.2, 0.25) is 0 Å². The Morgan fingerprint density at radius 2 is 1.69 bits per heavy atom. The summed E-state index contributed by atoms with van der Waals surface area (Å²) < 4.78 is 0. The highest BCUT2D eigenvalue weighted by atomic mass is 32.2. The summed E-state index contributed by atoms with van der Waals surface area (Å²) in [5, 5.41) is 2.66. The summed E-state index contributed by atoms with van der Waals surface area (Å²) in [6, 6.07) is 13.2. The van der Waals surface area contributed by atoms with Crippen molar-refractivity contribution in [3.8, 4) is 0 Å². The van der Waals surface area contributed by atoms with E-state index < -0.39 is 0 Å². The van der Waals surface area contributed by atoms with Crippen LogP contribution in [0.1, 0.15) is 5.56 Å². The fraction of sp³-hybridized carbons (Fsp3) is 0.167. The van der Waals surface area contributed by atoms with Crippen molar-refractivity contribution in [1.29, 1.82) is 0 Å². The second kappa shape index (κ2) is 3.43. The van der Waals surface area contributed by atoms with Crippen molar-refractivity contribution in [1.82, 2.24) is 0 Å². The Kier molecular flexibility index (Phi) is 2.28. The van der Waals surface area contributed by atoms with E-state index in [1.165, 1.54) is 21.2 Å². The molecule has 0 saturated carbocycles. The summed E-state index contributed by atoms with van der Waals surface area (Å²) in [7, 11) is 0. The van der Waals surface area contributed by atoms with Crippen LogP contribution in [0.15, 0.2) is 41.3 Å². The zero-order chi connectivity index (χ0) is 9.26. The molecule has 2 aromatic rings. The summed E-state index contributed by atoms with van der Waals surface area (Å²) in [6.07, 6.45) is 2.11. The highest BCUT2D eigenvalue weighted by Gasteiger charge is 1.95. The second-order valence-electron chi connectivity index (χ2n) is 3.22. The van der Waals surface area contributed by atoms with Gasteiger partial charge in [-0.05, 0) is 36.1 Å². The Balaban J connectivity index is 2.68. The molecule has 0 aliphatic rings. The highest BCUT2D eigenvalue weighted by Crippen LogP contribution is 2.22. The van der Waals surface area contributed by atoms with Crippen molar-refractivity contribution in [2.45, 2.75) is 11.8 Å². The van der Waals surface area contributed by atoms with Gasteiger partial charge < -0.3 is 0 Å². The molecule has 2 rings (SSSR count). The van der Waals surface area contributed by atoms with Crippen LogP contribution < -0.4 is 0 Å². The molecular formula is C12H12S. The first-order valence-corrected chi connectivity index (χ1v) is 5.56. The van der Waals surface area contributed by atoms with Crippen LogP contribution in [0.5, 0.6) is 0 Å². The Bertz CT molecular complexity index is 432. The molecule has 0 fully saturated rings. The molecule has 0 unspecified atom stereocenters. The molecule has 0 aliphatic carbocycles. The normalized spacial score (nSPS) is 10.6. The minimum atomic E-state index is 1.32. The number of hydrogen-bond donors (Lipinski definition) is 0. The van der Waals surface area contributed by atoms with E-state index in [1.54, 1.807) is 11.8 Å². The van der Waals surface area contributed by atoms with Gasteiger partial charge in [0.25, 0.3) is 0 Å². The summed E-state index contributed by atoms with van der Waals surface area (Å²) in [4.78, 5) is 1.33. The number of thioether (sulfide) groups is 1. The first-order valence-electron chi connectivity index (χ1n) is 4.34. The van der Waals surface area contributed by atoms with Crippen LogP contribution in [0.4, 0.5) is 0 Å². The fourth-order valence-electron chi connectivity index (χ4n) is 1.47. The third-order valence-electron chi connectivity index (χ3n) is 2.20. The SMILES string of the molecule is CSc1ccc2ccc(C)cc2c1. The molecule has 0 amide bonds. The zero-order valence-electron chi connectivity index (χ0n) is 7.87. The molecule has 0 saturated heterocycles. The van der Waals surface area contributed by atoms with E-state index in [-0.39, 0.29) is 0 Å². The van der Waals surface area contributed by atoms with Crippen LogP contribution in [-0.4, -0.2) is 6.26 Å². The molecule has 0 spiro atoms. The lowest BCUT2D eigenvalue weighted by Crippen LogP contribution is -1.76. The topological polar surface area (TPSA) is 0 Å². The van der Waals surface area contributed by atoms with E-state index in [9.17, 15) is 0 Å². The molecule has 0 aliphatic heterocycles. The van der Waals surface area contributed by atoms with Crippen LogP contribution in [0.25, 0.3) is 10.8 Å². The Labute approximate surface area is 83.0 Å². The summed E-state index contributed by atoms with van der Waals surface area (Å²) in [5.41, 5.74) is 1.32. The van der Waals surface area contributed by atoms with Gasteiger partial charge in [-0.1, -0.05) is 29.8 Å². The number of fused-ring (bicyclic) bond motifs is 1. The maximum absolute atomic E-state index is 2.24.